The summed E-state index contributed by atoms with van der Waals surface area (Å²) in [5.74, 6) is 1.72. The number of nitrogens with one attached hydrogen (secondary N) is 1. The molecule has 0 saturated heterocycles. The van der Waals surface area contributed by atoms with Crippen LogP contribution in [0.5, 0.6) is 0 Å². The van der Waals surface area contributed by atoms with E-state index in [2.05, 4.69) is 61.2 Å². The van der Waals surface area contributed by atoms with Crippen LogP contribution in [0.1, 0.15) is 27.2 Å². The number of halogens is 1. The molecular formula is C19H26IN7. The first-order valence-electron chi connectivity index (χ1n) is 8.74. The van der Waals surface area contributed by atoms with Gasteiger partial charge in [-0.15, -0.1) is 0 Å². The fourth-order valence-corrected chi connectivity index (χ4v) is 3.16. The van der Waals surface area contributed by atoms with Gasteiger partial charge in [-0.3, -0.25) is 0 Å². The Morgan fingerprint density at radius 1 is 1.37 bits per heavy atom. The fourth-order valence-electron chi connectivity index (χ4n) is 2.73. The van der Waals surface area contributed by atoms with Gasteiger partial charge in [0, 0.05) is 14.1 Å². The third-order valence-corrected chi connectivity index (χ3v) is 4.62. The first-order chi connectivity index (χ1) is 12.9. The maximum atomic E-state index is 4.93. The van der Waals surface area contributed by atoms with Gasteiger partial charge >= 0.3 is 0 Å². The summed E-state index contributed by atoms with van der Waals surface area (Å²) in [6, 6.07) is 0.0154. The van der Waals surface area contributed by atoms with E-state index in [1.54, 1.807) is 6.33 Å². The zero-order chi connectivity index (χ0) is 20.0. The second-order valence-corrected chi connectivity index (χ2v) is 7.59. The molecule has 1 unspecified atom stereocenters. The van der Waals surface area contributed by atoms with Crippen molar-refractivity contribution >= 4 is 45.7 Å². The standard InChI is InChI=1S/C19H26IN7/c1-7-9-10-14(13(3)4)25-18(27(6)20)15(8-2)26(5)19-16-17(22-11-21-16)23-12-24-19/h7,9-12,15H,3,8H2,1-2,4-6H3,(H,21,22,23,24)/b9-7-,14-10+,25-18?. The highest BCUT2D eigenvalue weighted by Crippen LogP contribution is 2.24. The number of allylic oxidation sites excluding steroid dienone is 4. The summed E-state index contributed by atoms with van der Waals surface area (Å²) in [4.78, 5) is 23.1. The van der Waals surface area contributed by atoms with Crippen molar-refractivity contribution in [2.45, 2.75) is 33.2 Å². The third-order valence-electron chi connectivity index (χ3n) is 4.12. The van der Waals surface area contributed by atoms with E-state index in [1.807, 2.05) is 49.3 Å². The number of likely N-dealkylation sites (N-methyl/N-ethyl adjacent to an activating group) is 2. The number of imidazole rings is 1. The Balaban J connectivity index is 2.51. The van der Waals surface area contributed by atoms with Crippen LogP contribution in [0, 0.1) is 0 Å². The number of hydrogen-bond donors (Lipinski definition) is 1. The van der Waals surface area contributed by atoms with Crippen molar-refractivity contribution in [2.75, 3.05) is 19.0 Å². The normalized spacial score (nSPS) is 14.0. The van der Waals surface area contributed by atoms with E-state index in [9.17, 15) is 0 Å². The largest absolute Gasteiger partial charge is 0.348 e. The molecule has 0 saturated carbocycles. The van der Waals surface area contributed by atoms with E-state index in [-0.39, 0.29) is 6.04 Å². The van der Waals surface area contributed by atoms with Crippen LogP contribution >= 0.6 is 22.9 Å². The summed E-state index contributed by atoms with van der Waals surface area (Å²) in [5, 5.41) is 0. The van der Waals surface area contributed by atoms with Crippen LogP contribution < -0.4 is 4.90 Å². The second-order valence-electron chi connectivity index (χ2n) is 6.14. The summed E-state index contributed by atoms with van der Waals surface area (Å²) in [6.07, 6.45) is 9.96. The molecule has 0 radical (unpaired) electrons. The highest BCUT2D eigenvalue weighted by Gasteiger charge is 2.25. The van der Waals surface area contributed by atoms with Gasteiger partial charge < -0.3 is 13.0 Å². The summed E-state index contributed by atoms with van der Waals surface area (Å²) in [5.41, 5.74) is 3.24. The topological polar surface area (TPSA) is 73.3 Å². The van der Waals surface area contributed by atoms with Gasteiger partial charge in [0.05, 0.1) is 40.9 Å². The van der Waals surface area contributed by atoms with Crippen LogP contribution in [-0.2, 0) is 0 Å². The van der Waals surface area contributed by atoms with Gasteiger partial charge in [0.25, 0.3) is 0 Å². The molecule has 0 spiro atoms. The SMILES string of the molecule is C=C(C)/C(=C\C=C/C)N=C(C(CC)N(C)c1ncnc2nc[nH]c12)N(C)I. The average molecular weight is 479 g/mol. The van der Waals surface area contributed by atoms with E-state index in [1.165, 1.54) is 6.33 Å². The van der Waals surface area contributed by atoms with Gasteiger partial charge in [0.2, 0.25) is 0 Å². The molecule has 1 N–H and O–H groups in total. The molecular weight excluding hydrogens is 453 g/mol. The van der Waals surface area contributed by atoms with Crippen LogP contribution in [0.4, 0.5) is 5.82 Å². The van der Waals surface area contributed by atoms with Gasteiger partial charge in [-0.2, -0.15) is 0 Å². The molecule has 0 fully saturated rings. The highest BCUT2D eigenvalue weighted by molar-refractivity contribution is 14.1. The van der Waals surface area contributed by atoms with E-state index in [0.29, 0.717) is 5.65 Å². The number of hydrogen-bond acceptors (Lipinski definition) is 5. The van der Waals surface area contributed by atoms with Gasteiger partial charge in [0.1, 0.15) is 17.7 Å². The van der Waals surface area contributed by atoms with E-state index >= 15 is 0 Å². The van der Waals surface area contributed by atoms with Crippen LogP contribution in [0.3, 0.4) is 0 Å². The lowest BCUT2D eigenvalue weighted by Gasteiger charge is -2.32. The molecule has 27 heavy (non-hydrogen) atoms. The number of aliphatic imine (C=N–C) groups is 1. The van der Waals surface area contributed by atoms with E-state index in [0.717, 1.165) is 34.9 Å². The summed E-state index contributed by atoms with van der Waals surface area (Å²) >= 11 is 2.26. The van der Waals surface area contributed by atoms with Crippen molar-refractivity contribution in [3.63, 3.8) is 0 Å². The molecule has 1 atom stereocenters. The molecule has 0 aliphatic rings. The number of anilines is 1. The lowest BCUT2D eigenvalue weighted by molar-refractivity contribution is 0.692. The number of nitrogens with zero attached hydrogens (tertiary/aromatic N) is 6. The molecule has 2 aromatic rings. The molecule has 2 aromatic heterocycles. The highest BCUT2D eigenvalue weighted by atomic mass is 127. The first kappa shape index (κ1) is 21.1. The Hall–Kier alpha value is -2.23. The zero-order valence-corrected chi connectivity index (χ0v) is 18.6. The summed E-state index contributed by atoms with van der Waals surface area (Å²) in [7, 11) is 4.01. The van der Waals surface area contributed by atoms with Crippen LogP contribution in [0.2, 0.25) is 0 Å². The molecule has 144 valence electrons. The second kappa shape index (κ2) is 9.63. The minimum absolute atomic E-state index is 0.0154. The lowest BCUT2D eigenvalue weighted by Crippen LogP contribution is -2.43. The Bertz CT molecular complexity index is 879. The van der Waals surface area contributed by atoms with Gasteiger partial charge in [0.15, 0.2) is 11.5 Å². The van der Waals surface area contributed by atoms with Crippen molar-refractivity contribution in [2.24, 2.45) is 4.99 Å². The van der Waals surface area contributed by atoms with Crippen molar-refractivity contribution in [1.82, 2.24) is 23.0 Å². The molecule has 2 heterocycles. The maximum absolute atomic E-state index is 4.93. The zero-order valence-electron chi connectivity index (χ0n) is 16.4. The fraction of sp³-hybridized carbons (Fsp3) is 0.368. The predicted octanol–water partition coefficient (Wildman–Crippen LogP) is 4.28. The number of fused-ring (bicyclic) bond motifs is 1. The van der Waals surface area contributed by atoms with Gasteiger partial charge in [-0.05, 0) is 31.9 Å². The Morgan fingerprint density at radius 2 is 2.11 bits per heavy atom. The summed E-state index contributed by atoms with van der Waals surface area (Å²) < 4.78 is 2.01. The Morgan fingerprint density at radius 3 is 2.70 bits per heavy atom. The van der Waals surface area contributed by atoms with E-state index < -0.39 is 0 Å². The Labute approximate surface area is 174 Å². The molecule has 0 aliphatic heterocycles. The van der Waals surface area contributed by atoms with Gasteiger partial charge in [-0.1, -0.05) is 25.7 Å². The van der Waals surface area contributed by atoms with Crippen LogP contribution in [0.15, 0.2) is 53.7 Å². The first-order valence-corrected chi connectivity index (χ1v) is 9.71. The number of aromatic amines is 1. The van der Waals surface area contributed by atoms with Crippen molar-refractivity contribution in [3.8, 4) is 0 Å². The molecule has 7 nitrogen and oxygen atoms in total. The molecule has 0 aromatic carbocycles. The van der Waals surface area contributed by atoms with Crippen molar-refractivity contribution in [3.05, 3.63) is 48.7 Å². The minimum Gasteiger partial charge on any atom is -0.348 e. The van der Waals surface area contributed by atoms with Crippen molar-refractivity contribution in [1.29, 1.82) is 0 Å². The quantitative estimate of drug-likeness (QED) is 0.211. The monoisotopic (exact) mass is 479 g/mol. The molecule has 8 heteroatoms. The molecule has 0 aliphatic carbocycles. The Kier molecular flexibility index (Phi) is 7.52. The molecule has 2 rings (SSSR count). The minimum atomic E-state index is 0.0154. The average Bonchev–Trinajstić information content (AvgIpc) is 3.12. The number of amidine groups is 1. The van der Waals surface area contributed by atoms with Crippen LogP contribution in [-0.4, -0.2) is 49.0 Å². The smallest absolute Gasteiger partial charge is 0.182 e. The molecule has 0 bridgehead atoms. The number of aromatic nitrogens is 4. The predicted molar refractivity (Wildman–Crippen MR) is 121 cm³/mol. The number of rotatable bonds is 7. The maximum Gasteiger partial charge on any atom is 0.182 e. The molecule has 0 amide bonds. The number of H-pyrrole nitrogens is 1. The van der Waals surface area contributed by atoms with Crippen molar-refractivity contribution < 1.29 is 0 Å². The third kappa shape index (κ3) is 4.94. The summed E-state index contributed by atoms with van der Waals surface area (Å²) in [6.45, 7) is 10.1. The van der Waals surface area contributed by atoms with Crippen LogP contribution in [0.25, 0.3) is 11.2 Å². The van der Waals surface area contributed by atoms with Gasteiger partial charge in [-0.25, -0.2) is 19.9 Å². The lowest BCUT2D eigenvalue weighted by atomic mass is 10.1. The van der Waals surface area contributed by atoms with E-state index in [4.69, 9.17) is 4.99 Å².